The normalized spacial score (nSPS) is 10.6. The minimum Gasteiger partial charge on any atom is -0.504 e. The summed E-state index contributed by atoms with van der Waals surface area (Å²) in [5.41, 5.74) is 0.205. The standard InChI is InChI=1S/C11H14O4/c1-6(2)3-8(12)7-4-9(13)11(15)10(14)5-7/h4-6,13-15H,3H2,1-2H3. The van der Waals surface area contributed by atoms with Gasteiger partial charge in [-0.1, -0.05) is 13.8 Å². The van der Waals surface area contributed by atoms with Crippen LogP contribution >= 0.6 is 0 Å². The van der Waals surface area contributed by atoms with E-state index in [1.807, 2.05) is 13.8 Å². The van der Waals surface area contributed by atoms with E-state index in [1.54, 1.807) is 0 Å². The molecule has 0 aliphatic heterocycles. The highest BCUT2D eigenvalue weighted by Crippen LogP contribution is 2.35. The van der Waals surface area contributed by atoms with E-state index in [2.05, 4.69) is 0 Å². The van der Waals surface area contributed by atoms with Crippen LogP contribution in [0.5, 0.6) is 17.2 Å². The molecule has 1 rings (SSSR count). The largest absolute Gasteiger partial charge is 0.504 e. The third kappa shape index (κ3) is 2.62. The van der Waals surface area contributed by atoms with E-state index in [4.69, 9.17) is 5.11 Å². The molecule has 0 aliphatic rings. The summed E-state index contributed by atoms with van der Waals surface area (Å²) in [4.78, 5) is 11.6. The van der Waals surface area contributed by atoms with E-state index < -0.39 is 17.2 Å². The van der Waals surface area contributed by atoms with Crippen LogP contribution in [0.2, 0.25) is 0 Å². The fraction of sp³-hybridized carbons (Fsp3) is 0.364. The number of benzene rings is 1. The predicted octanol–water partition coefficient (Wildman–Crippen LogP) is 2.03. The number of carbonyl (C=O) groups is 1. The first-order chi connectivity index (χ1) is 6.91. The molecule has 3 N–H and O–H groups in total. The van der Waals surface area contributed by atoms with Crippen LogP contribution in [0.3, 0.4) is 0 Å². The number of carbonyl (C=O) groups excluding carboxylic acids is 1. The molecular weight excluding hydrogens is 196 g/mol. The Labute approximate surface area is 87.8 Å². The van der Waals surface area contributed by atoms with E-state index in [0.29, 0.717) is 6.42 Å². The Hall–Kier alpha value is -1.71. The summed E-state index contributed by atoms with van der Waals surface area (Å²) in [5.74, 6) is -1.54. The number of phenolic OH excluding ortho intramolecular Hbond substituents is 3. The first kappa shape index (κ1) is 11.4. The molecule has 0 unspecified atom stereocenters. The molecule has 1 aromatic rings. The van der Waals surface area contributed by atoms with Crippen molar-refractivity contribution in [2.45, 2.75) is 20.3 Å². The van der Waals surface area contributed by atoms with Gasteiger partial charge in [-0.15, -0.1) is 0 Å². The summed E-state index contributed by atoms with van der Waals surface area (Å²) >= 11 is 0. The van der Waals surface area contributed by atoms with Crippen LogP contribution in [0.1, 0.15) is 30.6 Å². The summed E-state index contributed by atoms with van der Waals surface area (Å²) in [6, 6.07) is 2.31. The number of phenols is 3. The van der Waals surface area contributed by atoms with Gasteiger partial charge in [-0.25, -0.2) is 0 Å². The van der Waals surface area contributed by atoms with Crippen molar-refractivity contribution in [2.75, 3.05) is 0 Å². The van der Waals surface area contributed by atoms with E-state index in [9.17, 15) is 15.0 Å². The highest BCUT2D eigenvalue weighted by Gasteiger charge is 2.14. The van der Waals surface area contributed by atoms with Crippen LogP contribution < -0.4 is 0 Å². The lowest BCUT2D eigenvalue weighted by Gasteiger charge is -2.06. The van der Waals surface area contributed by atoms with Crippen molar-refractivity contribution in [1.82, 2.24) is 0 Å². The summed E-state index contributed by atoms with van der Waals surface area (Å²) in [6.07, 6.45) is 0.337. The lowest BCUT2D eigenvalue weighted by Crippen LogP contribution is -2.03. The van der Waals surface area contributed by atoms with Crippen molar-refractivity contribution in [3.63, 3.8) is 0 Å². The molecule has 0 fully saturated rings. The smallest absolute Gasteiger partial charge is 0.200 e. The van der Waals surface area contributed by atoms with E-state index in [0.717, 1.165) is 12.1 Å². The maximum Gasteiger partial charge on any atom is 0.200 e. The van der Waals surface area contributed by atoms with Gasteiger partial charge in [0.1, 0.15) is 0 Å². The zero-order valence-electron chi connectivity index (χ0n) is 8.69. The van der Waals surface area contributed by atoms with Gasteiger partial charge in [0.05, 0.1) is 0 Å². The molecule has 0 saturated carbocycles. The molecule has 1 aromatic carbocycles. The molecule has 82 valence electrons. The minimum atomic E-state index is -0.601. The second-order valence-electron chi connectivity index (χ2n) is 3.88. The fourth-order valence-corrected chi connectivity index (χ4v) is 1.25. The number of rotatable bonds is 3. The summed E-state index contributed by atoms with van der Waals surface area (Å²) in [6.45, 7) is 3.80. The average Bonchev–Trinajstić information content (AvgIpc) is 2.12. The molecule has 4 heteroatoms. The first-order valence-electron chi connectivity index (χ1n) is 4.70. The number of hydrogen-bond acceptors (Lipinski definition) is 4. The molecule has 0 aromatic heterocycles. The van der Waals surface area contributed by atoms with Crippen LogP contribution in [-0.2, 0) is 0 Å². The zero-order valence-corrected chi connectivity index (χ0v) is 8.69. The molecule has 0 atom stereocenters. The van der Waals surface area contributed by atoms with Crippen molar-refractivity contribution in [3.8, 4) is 17.2 Å². The minimum absolute atomic E-state index is 0.171. The van der Waals surface area contributed by atoms with E-state index in [-0.39, 0.29) is 17.3 Å². The summed E-state index contributed by atoms with van der Waals surface area (Å²) in [7, 11) is 0. The van der Waals surface area contributed by atoms with Crippen molar-refractivity contribution in [2.24, 2.45) is 5.92 Å². The number of ketones is 1. The maximum atomic E-state index is 11.6. The Balaban J connectivity index is 3.01. The second kappa shape index (κ2) is 4.21. The van der Waals surface area contributed by atoms with Crippen molar-refractivity contribution < 1.29 is 20.1 Å². The predicted molar refractivity (Wildman–Crippen MR) is 55.2 cm³/mol. The Morgan fingerprint density at radius 1 is 1.20 bits per heavy atom. The van der Waals surface area contributed by atoms with Gasteiger partial charge in [0.15, 0.2) is 23.0 Å². The van der Waals surface area contributed by atoms with Crippen LogP contribution in [0.25, 0.3) is 0 Å². The Bertz CT molecular complexity index is 359. The highest BCUT2D eigenvalue weighted by molar-refractivity contribution is 5.97. The number of hydrogen-bond donors (Lipinski definition) is 3. The lowest BCUT2D eigenvalue weighted by molar-refractivity contribution is 0.0967. The van der Waals surface area contributed by atoms with Gasteiger partial charge < -0.3 is 15.3 Å². The van der Waals surface area contributed by atoms with Crippen LogP contribution in [0, 0.1) is 5.92 Å². The molecule has 0 saturated heterocycles. The van der Waals surface area contributed by atoms with Gasteiger partial charge in [0.25, 0.3) is 0 Å². The summed E-state index contributed by atoms with van der Waals surface area (Å²) < 4.78 is 0. The molecule has 0 radical (unpaired) electrons. The molecular formula is C11H14O4. The average molecular weight is 210 g/mol. The molecule has 0 amide bonds. The number of Topliss-reactive ketones (excluding diaryl/α,β-unsaturated/α-hetero) is 1. The van der Waals surface area contributed by atoms with Crippen LogP contribution in [0.4, 0.5) is 0 Å². The highest BCUT2D eigenvalue weighted by atomic mass is 16.3. The maximum absolute atomic E-state index is 11.6. The van der Waals surface area contributed by atoms with Crippen LogP contribution in [0.15, 0.2) is 12.1 Å². The van der Waals surface area contributed by atoms with E-state index >= 15 is 0 Å². The second-order valence-corrected chi connectivity index (χ2v) is 3.88. The molecule has 15 heavy (non-hydrogen) atoms. The third-order valence-electron chi connectivity index (χ3n) is 1.99. The van der Waals surface area contributed by atoms with Gasteiger partial charge in [0, 0.05) is 12.0 Å². The quantitative estimate of drug-likeness (QED) is 0.527. The fourth-order valence-electron chi connectivity index (χ4n) is 1.25. The summed E-state index contributed by atoms with van der Waals surface area (Å²) in [5, 5.41) is 27.5. The molecule has 0 aliphatic carbocycles. The Morgan fingerprint density at radius 2 is 1.67 bits per heavy atom. The topological polar surface area (TPSA) is 77.8 Å². The molecule has 0 bridgehead atoms. The van der Waals surface area contributed by atoms with Gasteiger partial charge >= 0.3 is 0 Å². The van der Waals surface area contributed by atoms with Crippen LogP contribution in [-0.4, -0.2) is 21.1 Å². The molecule has 0 heterocycles. The SMILES string of the molecule is CC(C)CC(=O)c1cc(O)c(O)c(O)c1. The first-order valence-corrected chi connectivity index (χ1v) is 4.70. The van der Waals surface area contributed by atoms with Gasteiger partial charge in [-0.05, 0) is 18.1 Å². The van der Waals surface area contributed by atoms with Gasteiger partial charge in [-0.3, -0.25) is 4.79 Å². The zero-order chi connectivity index (χ0) is 11.6. The van der Waals surface area contributed by atoms with Gasteiger partial charge in [0.2, 0.25) is 0 Å². The van der Waals surface area contributed by atoms with E-state index in [1.165, 1.54) is 0 Å². The molecule has 4 nitrogen and oxygen atoms in total. The Morgan fingerprint density at radius 3 is 2.07 bits per heavy atom. The molecule has 0 spiro atoms. The monoisotopic (exact) mass is 210 g/mol. The Kier molecular flexibility index (Phi) is 3.19. The number of aromatic hydroxyl groups is 3. The van der Waals surface area contributed by atoms with Crippen molar-refractivity contribution in [3.05, 3.63) is 17.7 Å². The van der Waals surface area contributed by atoms with Crippen molar-refractivity contribution >= 4 is 5.78 Å². The van der Waals surface area contributed by atoms with Gasteiger partial charge in [-0.2, -0.15) is 0 Å². The third-order valence-corrected chi connectivity index (χ3v) is 1.99. The van der Waals surface area contributed by atoms with Crippen molar-refractivity contribution in [1.29, 1.82) is 0 Å². The lowest BCUT2D eigenvalue weighted by atomic mass is 10.0.